The van der Waals surface area contributed by atoms with Crippen LogP contribution in [0.4, 0.5) is 0 Å². The van der Waals surface area contributed by atoms with Gasteiger partial charge < -0.3 is 5.11 Å². The van der Waals surface area contributed by atoms with Gasteiger partial charge in [-0.2, -0.15) is 0 Å². The molecule has 1 aliphatic heterocycles. The van der Waals surface area contributed by atoms with E-state index in [0.717, 1.165) is 5.57 Å². The van der Waals surface area contributed by atoms with Crippen molar-refractivity contribution in [2.75, 3.05) is 0 Å². The number of hydrogen-bond donors (Lipinski definition) is 2. The van der Waals surface area contributed by atoms with Crippen molar-refractivity contribution in [3.8, 4) is 0 Å². The minimum atomic E-state index is -0.747. The van der Waals surface area contributed by atoms with Gasteiger partial charge in [-0.3, -0.25) is 4.79 Å². The molecule has 3 nitrogen and oxygen atoms in total. The van der Waals surface area contributed by atoms with Gasteiger partial charge in [-0.1, -0.05) is 38.8 Å². The maximum Gasteiger partial charge on any atom is 0.308 e. The molecule has 0 bridgehead atoms. The average molecular weight is 243 g/mol. The number of hydrogen-bond acceptors (Lipinski definition) is 3. The van der Waals surface area contributed by atoms with E-state index < -0.39 is 11.9 Å². The lowest BCUT2D eigenvalue weighted by atomic mass is 9.79. The van der Waals surface area contributed by atoms with Crippen molar-refractivity contribution in [3.05, 3.63) is 12.2 Å². The molecule has 1 fully saturated rings. The normalized spacial score (nSPS) is 35.6. The average Bonchev–Trinajstić information content (AvgIpc) is 2.39. The molecule has 0 aromatic rings. The molecule has 0 aromatic carbocycles. The maximum absolute atomic E-state index is 11.3. The van der Waals surface area contributed by atoms with Gasteiger partial charge in [-0.05, 0) is 19.8 Å². The predicted octanol–water partition coefficient (Wildman–Crippen LogP) is 2.45. The molecule has 1 heterocycles. The summed E-state index contributed by atoms with van der Waals surface area (Å²) in [6.07, 6.45) is 0. The molecule has 1 rings (SSSR count). The summed E-state index contributed by atoms with van der Waals surface area (Å²) in [4.78, 5) is 11.3. The molecule has 1 aliphatic rings. The quantitative estimate of drug-likeness (QED) is 0.591. The predicted molar refractivity (Wildman–Crippen MR) is 68.3 cm³/mol. The molecule has 16 heavy (non-hydrogen) atoms. The highest BCUT2D eigenvalue weighted by Crippen LogP contribution is 2.43. The summed E-state index contributed by atoms with van der Waals surface area (Å²) in [7, 11) is 0. The Morgan fingerprint density at radius 3 is 2.25 bits per heavy atom. The first kappa shape index (κ1) is 13.6. The van der Waals surface area contributed by atoms with Crippen LogP contribution >= 0.6 is 12.8 Å². The van der Waals surface area contributed by atoms with E-state index in [1.807, 2.05) is 18.2 Å². The second-order valence-electron chi connectivity index (χ2n) is 5.09. The van der Waals surface area contributed by atoms with Crippen molar-refractivity contribution < 1.29 is 9.90 Å². The van der Waals surface area contributed by atoms with Crippen LogP contribution < -0.4 is 0 Å². The van der Waals surface area contributed by atoms with Crippen molar-refractivity contribution in [1.29, 1.82) is 0 Å². The Hall–Kier alpha value is -0.480. The van der Waals surface area contributed by atoms with E-state index in [-0.39, 0.29) is 18.0 Å². The third kappa shape index (κ3) is 2.13. The molecule has 0 aromatic heterocycles. The Labute approximate surface area is 103 Å². The van der Waals surface area contributed by atoms with E-state index in [2.05, 4.69) is 33.2 Å². The molecule has 1 saturated heterocycles. The third-order valence-corrected chi connectivity index (χ3v) is 4.17. The second-order valence-corrected chi connectivity index (χ2v) is 5.55. The van der Waals surface area contributed by atoms with E-state index >= 15 is 0 Å². The lowest BCUT2D eigenvalue weighted by molar-refractivity contribution is -0.143. The monoisotopic (exact) mass is 243 g/mol. The molecule has 1 N–H and O–H groups in total. The van der Waals surface area contributed by atoms with Gasteiger partial charge in [0.15, 0.2) is 0 Å². The maximum atomic E-state index is 11.3. The highest BCUT2D eigenvalue weighted by atomic mass is 32.1. The highest BCUT2D eigenvalue weighted by molar-refractivity contribution is 7.77. The summed E-state index contributed by atoms with van der Waals surface area (Å²) in [6, 6.07) is 0.0897. The standard InChI is InChI=1S/C12H21NO2S/c1-6(2)9-10(12(14)15)8(5)13(16)11(9)7(3)4/h7-11,16H,1H2,2-5H3,(H,14,15). The molecule has 0 radical (unpaired) electrons. The topological polar surface area (TPSA) is 40.5 Å². The number of nitrogens with zero attached hydrogens (tertiary/aromatic N) is 1. The van der Waals surface area contributed by atoms with Crippen molar-refractivity contribution >= 4 is 18.8 Å². The zero-order chi connectivity index (χ0) is 12.6. The van der Waals surface area contributed by atoms with Gasteiger partial charge in [-0.15, -0.1) is 0 Å². The lowest BCUT2D eigenvalue weighted by Gasteiger charge is -2.29. The summed E-state index contributed by atoms with van der Waals surface area (Å²) < 4.78 is 1.89. The van der Waals surface area contributed by atoms with Gasteiger partial charge in [0.2, 0.25) is 0 Å². The van der Waals surface area contributed by atoms with Crippen molar-refractivity contribution in [2.45, 2.75) is 39.8 Å². The second kappa shape index (κ2) is 4.80. The summed E-state index contributed by atoms with van der Waals surface area (Å²) in [6.45, 7) is 12.0. The Kier molecular flexibility index (Phi) is 4.07. The van der Waals surface area contributed by atoms with Gasteiger partial charge >= 0.3 is 5.97 Å². The number of carboxylic acids is 1. The Morgan fingerprint density at radius 1 is 1.44 bits per heavy atom. The zero-order valence-electron chi connectivity index (χ0n) is 10.3. The largest absolute Gasteiger partial charge is 0.481 e. The van der Waals surface area contributed by atoms with Crippen molar-refractivity contribution in [1.82, 2.24) is 4.31 Å². The molecule has 0 spiro atoms. The fourth-order valence-electron chi connectivity index (χ4n) is 2.79. The number of rotatable bonds is 3. The van der Waals surface area contributed by atoms with Crippen LogP contribution in [0.15, 0.2) is 12.2 Å². The van der Waals surface area contributed by atoms with Gasteiger partial charge in [-0.25, -0.2) is 4.31 Å². The van der Waals surface area contributed by atoms with Crippen molar-refractivity contribution in [2.24, 2.45) is 17.8 Å². The van der Waals surface area contributed by atoms with Crippen LogP contribution in [0.3, 0.4) is 0 Å². The Balaban J connectivity index is 3.12. The summed E-state index contributed by atoms with van der Waals surface area (Å²) in [5.74, 6) is -0.791. The molecule has 4 unspecified atom stereocenters. The summed E-state index contributed by atoms with van der Waals surface area (Å²) in [5.41, 5.74) is 0.939. The van der Waals surface area contributed by atoms with Crippen molar-refractivity contribution in [3.63, 3.8) is 0 Å². The van der Waals surface area contributed by atoms with E-state index in [0.29, 0.717) is 5.92 Å². The van der Waals surface area contributed by atoms with E-state index in [9.17, 15) is 9.90 Å². The minimum absolute atomic E-state index is 0.00926. The third-order valence-electron chi connectivity index (χ3n) is 3.53. The molecule has 0 amide bonds. The van der Waals surface area contributed by atoms with E-state index in [1.54, 1.807) is 0 Å². The molecule has 0 aliphatic carbocycles. The van der Waals surface area contributed by atoms with Crippen LogP contribution in [0, 0.1) is 17.8 Å². The molecular weight excluding hydrogens is 222 g/mol. The van der Waals surface area contributed by atoms with Crippen LogP contribution in [0.5, 0.6) is 0 Å². The van der Waals surface area contributed by atoms with Gasteiger partial charge in [0.25, 0.3) is 0 Å². The number of carboxylic acid groups (broad SMARTS) is 1. The fourth-order valence-corrected chi connectivity index (χ4v) is 3.35. The number of carbonyl (C=O) groups is 1. The SMILES string of the molecule is C=C(C)C1C(C(=O)O)C(C)N(S)C1C(C)C. The number of aliphatic carboxylic acids is 1. The van der Waals surface area contributed by atoms with Crippen LogP contribution in [0.1, 0.15) is 27.7 Å². The van der Waals surface area contributed by atoms with Gasteiger partial charge in [0, 0.05) is 18.0 Å². The van der Waals surface area contributed by atoms with Gasteiger partial charge in [0.05, 0.1) is 5.92 Å². The first-order chi connectivity index (χ1) is 7.29. The minimum Gasteiger partial charge on any atom is -0.481 e. The van der Waals surface area contributed by atoms with Crippen LogP contribution in [0.2, 0.25) is 0 Å². The Bertz CT molecular complexity index is 303. The van der Waals surface area contributed by atoms with Gasteiger partial charge in [0.1, 0.15) is 0 Å². The summed E-state index contributed by atoms with van der Waals surface area (Å²) >= 11 is 4.46. The highest BCUT2D eigenvalue weighted by Gasteiger charge is 2.50. The fraction of sp³-hybridized carbons (Fsp3) is 0.750. The Morgan fingerprint density at radius 2 is 1.94 bits per heavy atom. The summed E-state index contributed by atoms with van der Waals surface area (Å²) in [5, 5.41) is 9.32. The molecule has 4 heteroatoms. The number of thiol groups is 1. The van der Waals surface area contributed by atoms with Crippen LogP contribution in [0.25, 0.3) is 0 Å². The molecule has 0 saturated carbocycles. The molecule has 4 atom stereocenters. The smallest absolute Gasteiger partial charge is 0.308 e. The zero-order valence-corrected chi connectivity index (χ0v) is 11.2. The first-order valence-corrected chi connectivity index (χ1v) is 6.04. The van der Waals surface area contributed by atoms with E-state index in [4.69, 9.17) is 0 Å². The van der Waals surface area contributed by atoms with Crippen LogP contribution in [-0.2, 0) is 4.79 Å². The molecule has 92 valence electrons. The lowest BCUT2D eigenvalue weighted by Crippen LogP contribution is -2.33. The van der Waals surface area contributed by atoms with Crippen LogP contribution in [-0.4, -0.2) is 27.5 Å². The molecular formula is C12H21NO2S. The first-order valence-electron chi connectivity index (χ1n) is 5.64. The van der Waals surface area contributed by atoms with E-state index in [1.165, 1.54) is 0 Å².